The molecular weight excluding hydrogens is 649 g/mol. The highest BCUT2D eigenvalue weighted by Crippen LogP contribution is 2.39. The van der Waals surface area contributed by atoms with Crippen molar-refractivity contribution in [2.24, 2.45) is 0 Å². The van der Waals surface area contributed by atoms with Crippen LogP contribution >= 0.6 is 0 Å². The maximum Gasteiger partial charge on any atom is 0.164 e. The minimum atomic E-state index is 0.537. The molecule has 10 rings (SSSR count). The molecule has 0 unspecified atom stereocenters. The summed E-state index contributed by atoms with van der Waals surface area (Å²) in [6.07, 6.45) is 0. The summed E-state index contributed by atoms with van der Waals surface area (Å²) < 4.78 is 6.50. The zero-order valence-electron chi connectivity index (χ0n) is 28.4. The van der Waals surface area contributed by atoms with Gasteiger partial charge in [0.25, 0.3) is 0 Å². The molecule has 5 nitrogen and oxygen atoms in total. The zero-order chi connectivity index (χ0) is 35.3. The van der Waals surface area contributed by atoms with E-state index in [-0.39, 0.29) is 0 Å². The van der Waals surface area contributed by atoms with Crippen LogP contribution in [0, 0.1) is 11.3 Å². The minimum absolute atomic E-state index is 0.537. The van der Waals surface area contributed by atoms with Crippen LogP contribution in [0.15, 0.2) is 174 Å². The Morgan fingerprint density at radius 2 is 1.04 bits per heavy atom. The quantitative estimate of drug-likeness (QED) is 0.170. The molecular formula is C48H28N4O. The Balaban J connectivity index is 1.20. The largest absolute Gasteiger partial charge is 0.456 e. The normalized spacial score (nSPS) is 11.4. The molecule has 246 valence electrons. The molecule has 0 saturated heterocycles. The second-order valence-electron chi connectivity index (χ2n) is 13.1. The number of furan rings is 1. The average molecular weight is 677 g/mol. The van der Waals surface area contributed by atoms with Crippen molar-refractivity contribution in [2.45, 2.75) is 0 Å². The van der Waals surface area contributed by atoms with Crippen LogP contribution in [0.25, 0.3) is 99.9 Å². The predicted molar refractivity (Wildman–Crippen MR) is 214 cm³/mol. The molecule has 0 bridgehead atoms. The predicted octanol–water partition coefficient (Wildman–Crippen LogP) is 12.3. The molecule has 0 fully saturated rings. The minimum Gasteiger partial charge on any atom is -0.456 e. The molecule has 0 radical (unpaired) electrons. The van der Waals surface area contributed by atoms with Gasteiger partial charge in [-0.05, 0) is 80.2 Å². The second kappa shape index (κ2) is 12.4. The lowest BCUT2D eigenvalue weighted by atomic mass is 9.96. The van der Waals surface area contributed by atoms with Gasteiger partial charge in [0.2, 0.25) is 0 Å². The maximum atomic E-state index is 9.86. The first-order valence-corrected chi connectivity index (χ1v) is 17.5. The van der Waals surface area contributed by atoms with E-state index < -0.39 is 0 Å². The SMILES string of the molecule is N#Cc1ccccc1-c1cccc(-c2nc(-c3ccc4c(c3)oc3cccc(-c5ccccc5)c34)nc(-c3cc4ccccc4c4ccccc34)n2)c1. The third kappa shape index (κ3) is 5.21. The van der Waals surface area contributed by atoms with Gasteiger partial charge < -0.3 is 4.42 Å². The Morgan fingerprint density at radius 1 is 0.396 bits per heavy atom. The molecule has 0 aliphatic carbocycles. The summed E-state index contributed by atoms with van der Waals surface area (Å²) in [5, 5.41) is 16.4. The Kier molecular flexibility index (Phi) is 7.12. The Morgan fingerprint density at radius 3 is 1.89 bits per heavy atom. The van der Waals surface area contributed by atoms with Crippen LogP contribution in [0.2, 0.25) is 0 Å². The third-order valence-corrected chi connectivity index (χ3v) is 9.96. The lowest BCUT2D eigenvalue weighted by Crippen LogP contribution is -2.01. The van der Waals surface area contributed by atoms with E-state index in [2.05, 4.69) is 103 Å². The molecule has 0 spiro atoms. The summed E-state index contributed by atoms with van der Waals surface area (Å²) in [7, 11) is 0. The fourth-order valence-electron chi connectivity index (χ4n) is 7.48. The zero-order valence-corrected chi connectivity index (χ0v) is 28.4. The highest BCUT2D eigenvalue weighted by atomic mass is 16.3. The van der Waals surface area contributed by atoms with Crippen molar-refractivity contribution in [1.29, 1.82) is 5.26 Å². The molecule has 5 heteroatoms. The van der Waals surface area contributed by atoms with Crippen molar-refractivity contribution < 1.29 is 4.42 Å². The van der Waals surface area contributed by atoms with E-state index in [4.69, 9.17) is 19.4 Å². The Bertz CT molecular complexity index is 3080. The average Bonchev–Trinajstić information content (AvgIpc) is 3.62. The summed E-state index contributed by atoms with van der Waals surface area (Å²) in [6, 6.07) is 59.8. The molecule has 8 aromatic carbocycles. The summed E-state index contributed by atoms with van der Waals surface area (Å²) in [6.45, 7) is 0. The van der Waals surface area contributed by atoms with Crippen LogP contribution in [-0.4, -0.2) is 15.0 Å². The first kappa shape index (κ1) is 30.4. The van der Waals surface area contributed by atoms with E-state index >= 15 is 0 Å². The Hall–Kier alpha value is -7.42. The van der Waals surface area contributed by atoms with Gasteiger partial charge in [0.1, 0.15) is 11.2 Å². The molecule has 0 atom stereocenters. The molecule has 53 heavy (non-hydrogen) atoms. The first-order valence-electron chi connectivity index (χ1n) is 17.5. The van der Waals surface area contributed by atoms with E-state index in [1.165, 1.54) is 5.39 Å². The molecule has 0 N–H and O–H groups in total. The second-order valence-corrected chi connectivity index (χ2v) is 13.1. The molecule has 2 heterocycles. The topological polar surface area (TPSA) is 75.6 Å². The van der Waals surface area contributed by atoms with E-state index in [0.29, 0.717) is 23.0 Å². The number of aromatic nitrogens is 3. The lowest BCUT2D eigenvalue weighted by molar-refractivity contribution is 0.669. The third-order valence-electron chi connectivity index (χ3n) is 9.96. The number of rotatable bonds is 5. The fourth-order valence-corrected chi connectivity index (χ4v) is 7.48. The van der Waals surface area contributed by atoms with Crippen molar-refractivity contribution in [3.05, 3.63) is 175 Å². The van der Waals surface area contributed by atoms with Crippen molar-refractivity contribution in [3.63, 3.8) is 0 Å². The molecule has 2 aromatic heterocycles. The number of nitriles is 1. The maximum absolute atomic E-state index is 9.86. The monoisotopic (exact) mass is 676 g/mol. The molecule has 0 saturated carbocycles. The van der Waals surface area contributed by atoms with Crippen LogP contribution in [0.1, 0.15) is 5.56 Å². The number of hydrogen-bond donors (Lipinski definition) is 0. The lowest BCUT2D eigenvalue weighted by Gasteiger charge is -2.13. The van der Waals surface area contributed by atoms with E-state index in [1.54, 1.807) is 0 Å². The van der Waals surface area contributed by atoms with Crippen molar-refractivity contribution in [1.82, 2.24) is 15.0 Å². The van der Waals surface area contributed by atoms with Crippen LogP contribution in [-0.2, 0) is 0 Å². The van der Waals surface area contributed by atoms with Crippen LogP contribution < -0.4 is 0 Å². The Labute approximate surface area is 305 Å². The number of benzene rings is 8. The number of nitrogens with zero attached hydrogens (tertiary/aromatic N) is 4. The first-order chi connectivity index (χ1) is 26.2. The molecule has 10 aromatic rings. The van der Waals surface area contributed by atoms with Crippen LogP contribution in [0.3, 0.4) is 0 Å². The van der Waals surface area contributed by atoms with Gasteiger partial charge in [0.15, 0.2) is 17.5 Å². The molecule has 0 aliphatic heterocycles. The van der Waals surface area contributed by atoms with Gasteiger partial charge in [-0.3, -0.25) is 0 Å². The van der Waals surface area contributed by atoms with Gasteiger partial charge in [-0.1, -0.05) is 133 Å². The van der Waals surface area contributed by atoms with Gasteiger partial charge in [-0.2, -0.15) is 5.26 Å². The standard InChI is InChI=1S/C48H28N4O/c49-29-35-15-5-6-18-36(35)31-16-10-17-33(26-31)46-50-47(52-48(51-46)42-27-32-14-4-7-19-37(32)39-20-8-9-21-40(39)42)34-24-25-41-44(28-34)53-43-23-11-22-38(45(41)43)30-12-2-1-3-13-30/h1-28H. The summed E-state index contributed by atoms with van der Waals surface area (Å²) in [4.78, 5) is 15.5. The molecule has 0 aliphatic rings. The fraction of sp³-hybridized carbons (Fsp3) is 0. The van der Waals surface area contributed by atoms with Gasteiger partial charge >= 0.3 is 0 Å². The highest BCUT2D eigenvalue weighted by Gasteiger charge is 2.19. The summed E-state index contributed by atoms with van der Waals surface area (Å²) in [5.41, 5.74) is 8.80. The van der Waals surface area contributed by atoms with Gasteiger partial charge in [-0.15, -0.1) is 0 Å². The van der Waals surface area contributed by atoms with Crippen LogP contribution in [0.5, 0.6) is 0 Å². The van der Waals surface area contributed by atoms with Gasteiger partial charge in [0.05, 0.1) is 11.6 Å². The summed E-state index contributed by atoms with van der Waals surface area (Å²) in [5.74, 6) is 1.65. The number of fused-ring (bicyclic) bond motifs is 6. The van der Waals surface area contributed by atoms with E-state index in [1.807, 2.05) is 72.8 Å². The highest BCUT2D eigenvalue weighted by molar-refractivity contribution is 6.14. The van der Waals surface area contributed by atoms with Crippen LogP contribution in [0.4, 0.5) is 0 Å². The van der Waals surface area contributed by atoms with E-state index in [9.17, 15) is 5.26 Å². The van der Waals surface area contributed by atoms with Crippen molar-refractivity contribution in [3.8, 4) is 62.5 Å². The van der Waals surface area contributed by atoms with Crippen molar-refractivity contribution in [2.75, 3.05) is 0 Å². The molecule has 0 amide bonds. The van der Waals surface area contributed by atoms with Crippen molar-refractivity contribution >= 4 is 43.5 Å². The van der Waals surface area contributed by atoms with E-state index in [0.717, 1.165) is 77.0 Å². The smallest absolute Gasteiger partial charge is 0.164 e. The summed E-state index contributed by atoms with van der Waals surface area (Å²) >= 11 is 0. The van der Waals surface area contributed by atoms with Gasteiger partial charge in [0, 0.05) is 27.5 Å². The number of hydrogen-bond acceptors (Lipinski definition) is 5. The van der Waals surface area contributed by atoms with Gasteiger partial charge in [-0.25, -0.2) is 15.0 Å².